The van der Waals surface area contributed by atoms with E-state index in [2.05, 4.69) is 38.0 Å². The van der Waals surface area contributed by atoms with Crippen LogP contribution in [-0.4, -0.2) is 23.0 Å². The lowest BCUT2D eigenvalue weighted by atomic mass is 9.98. The quantitative estimate of drug-likeness (QED) is 0.767. The molecule has 17 heavy (non-hydrogen) atoms. The highest BCUT2D eigenvalue weighted by atomic mass is 32.2. The van der Waals surface area contributed by atoms with Crippen LogP contribution in [0, 0.1) is 0 Å². The van der Waals surface area contributed by atoms with Gasteiger partial charge in [0.2, 0.25) is 0 Å². The first kappa shape index (κ1) is 15.0. The lowest BCUT2D eigenvalue weighted by molar-refractivity contribution is 0.585. The molecule has 0 saturated carbocycles. The summed E-state index contributed by atoms with van der Waals surface area (Å²) in [6.07, 6.45) is 3.27. The Bertz CT molecular complexity index is 315. The summed E-state index contributed by atoms with van der Waals surface area (Å²) in [7, 11) is 0. The van der Waals surface area contributed by atoms with Gasteiger partial charge in [-0.05, 0) is 24.5 Å². The van der Waals surface area contributed by atoms with Gasteiger partial charge in [0.15, 0.2) is 0 Å². The largest absolute Gasteiger partial charge is 0.312 e. The molecule has 1 N–H and O–H groups in total. The topological polar surface area (TPSA) is 24.9 Å². The Balaban J connectivity index is 2.21. The minimum absolute atomic E-state index is 0.181. The van der Waals surface area contributed by atoms with Crippen LogP contribution in [0.15, 0.2) is 6.20 Å². The number of hydrogen-bond acceptors (Lipinski definition) is 4. The third-order valence-corrected chi connectivity index (χ3v) is 4.75. The van der Waals surface area contributed by atoms with Crippen molar-refractivity contribution in [2.45, 2.75) is 46.1 Å². The van der Waals surface area contributed by atoms with E-state index in [1.54, 1.807) is 0 Å². The summed E-state index contributed by atoms with van der Waals surface area (Å²) in [4.78, 5) is 5.84. The van der Waals surface area contributed by atoms with E-state index in [0.717, 1.165) is 13.1 Å². The third-order valence-electron chi connectivity index (χ3n) is 2.34. The van der Waals surface area contributed by atoms with Crippen LogP contribution in [0.3, 0.4) is 0 Å². The molecule has 0 amide bonds. The average Bonchev–Trinajstić information content (AvgIpc) is 2.71. The predicted molar refractivity (Wildman–Crippen MR) is 80.1 cm³/mol. The van der Waals surface area contributed by atoms with Crippen LogP contribution in [0.25, 0.3) is 0 Å². The van der Waals surface area contributed by atoms with Crippen molar-refractivity contribution in [3.63, 3.8) is 0 Å². The summed E-state index contributed by atoms with van der Waals surface area (Å²) in [6, 6.07) is 0. The monoisotopic (exact) mass is 272 g/mol. The molecule has 1 aromatic rings. The molecule has 4 heteroatoms. The highest BCUT2D eigenvalue weighted by Gasteiger charge is 2.17. The molecular weight excluding hydrogens is 248 g/mol. The molecule has 0 saturated heterocycles. The molecule has 0 aliphatic carbocycles. The van der Waals surface area contributed by atoms with E-state index in [1.807, 2.05) is 29.3 Å². The number of hydrogen-bond donors (Lipinski definition) is 1. The summed E-state index contributed by atoms with van der Waals surface area (Å²) in [5, 5.41) is 4.71. The average molecular weight is 272 g/mol. The van der Waals surface area contributed by atoms with Crippen LogP contribution in [0.4, 0.5) is 0 Å². The number of thioether (sulfide) groups is 1. The Morgan fingerprint density at radius 1 is 1.41 bits per heavy atom. The van der Waals surface area contributed by atoms with Gasteiger partial charge in [-0.2, -0.15) is 11.8 Å². The summed E-state index contributed by atoms with van der Waals surface area (Å²) in [5.41, 5.74) is 0.181. The molecule has 0 aliphatic heterocycles. The van der Waals surface area contributed by atoms with Crippen LogP contribution < -0.4 is 5.32 Å². The summed E-state index contributed by atoms with van der Waals surface area (Å²) in [5.74, 6) is 2.49. The van der Waals surface area contributed by atoms with Gasteiger partial charge in [-0.15, -0.1) is 11.3 Å². The molecule has 0 fully saturated rings. The SMILES string of the molecule is CCSCCCNCc1cnc(C(C)(C)C)s1. The Morgan fingerprint density at radius 2 is 2.18 bits per heavy atom. The van der Waals surface area contributed by atoms with Gasteiger partial charge in [0.05, 0.1) is 5.01 Å². The number of thiazole rings is 1. The third kappa shape index (κ3) is 5.89. The number of nitrogens with zero attached hydrogens (tertiary/aromatic N) is 1. The van der Waals surface area contributed by atoms with Crippen molar-refractivity contribution in [1.29, 1.82) is 0 Å². The van der Waals surface area contributed by atoms with E-state index in [4.69, 9.17) is 0 Å². The molecular formula is C13H24N2S2. The fourth-order valence-corrected chi connectivity index (χ4v) is 2.97. The summed E-state index contributed by atoms with van der Waals surface area (Å²) >= 11 is 3.84. The standard InChI is InChI=1S/C13H24N2S2/c1-5-16-8-6-7-14-9-11-10-15-12(17-11)13(2,3)4/h10,14H,5-9H2,1-4H3. The Kier molecular flexibility index (Phi) is 6.52. The van der Waals surface area contributed by atoms with Crippen LogP contribution in [0.5, 0.6) is 0 Å². The second-order valence-corrected chi connectivity index (χ2v) is 7.62. The van der Waals surface area contributed by atoms with Crippen molar-refractivity contribution >= 4 is 23.1 Å². The Hall–Kier alpha value is -0.0600. The van der Waals surface area contributed by atoms with Gasteiger partial charge in [0.25, 0.3) is 0 Å². The van der Waals surface area contributed by atoms with E-state index in [0.29, 0.717) is 0 Å². The second-order valence-electron chi connectivity index (χ2n) is 5.11. The van der Waals surface area contributed by atoms with Gasteiger partial charge in [0, 0.05) is 23.0 Å². The first-order valence-corrected chi connectivity index (χ1v) is 8.25. The fourth-order valence-electron chi connectivity index (χ4n) is 1.39. The van der Waals surface area contributed by atoms with Crippen molar-refractivity contribution in [3.05, 3.63) is 16.1 Å². The minimum atomic E-state index is 0.181. The van der Waals surface area contributed by atoms with Gasteiger partial charge in [-0.25, -0.2) is 4.98 Å². The van der Waals surface area contributed by atoms with Gasteiger partial charge in [-0.1, -0.05) is 27.7 Å². The number of nitrogens with one attached hydrogen (secondary N) is 1. The molecule has 98 valence electrons. The highest BCUT2D eigenvalue weighted by molar-refractivity contribution is 7.99. The number of rotatable bonds is 7. The normalized spacial score (nSPS) is 12.0. The van der Waals surface area contributed by atoms with E-state index in [9.17, 15) is 0 Å². The zero-order chi connectivity index (χ0) is 12.7. The molecule has 0 aromatic carbocycles. The second kappa shape index (κ2) is 7.39. The molecule has 1 rings (SSSR count). The first-order valence-electron chi connectivity index (χ1n) is 6.27. The van der Waals surface area contributed by atoms with Gasteiger partial charge in [0.1, 0.15) is 0 Å². The molecule has 2 nitrogen and oxygen atoms in total. The molecule has 0 bridgehead atoms. The number of aromatic nitrogens is 1. The molecule has 0 spiro atoms. The minimum Gasteiger partial charge on any atom is -0.312 e. The zero-order valence-corrected chi connectivity index (χ0v) is 13.0. The van der Waals surface area contributed by atoms with Crippen molar-refractivity contribution in [1.82, 2.24) is 10.3 Å². The molecule has 0 unspecified atom stereocenters. The lowest BCUT2D eigenvalue weighted by Gasteiger charge is -2.13. The first-order chi connectivity index (χ1) is 8.04. The van der Waals surface area contributed by atoms with E-state index >= 15 is 0 Å². The molecule has 1 aromatic heterocycles. The molecule has 0 radical (unpaired) electrons. The summed E-state index contributed by atoms with van der Waals surface area (Å²) in [6.45, 7) is 10.9. The molecule has 1 heterocycles. The van der Waals surface area contributed by atoms with Gasteiger partial charge in [-0.3, -0.25) is 0 Å². The smallest absolute Gasteiger partial charge is 0.0981 e. The van der Waals surface area contributed by atoms with E-state index < -0.39 is 0 Å². The maximum absolute atomic E-state index is 4.49. The predicted octanol–water partition coefficient (Wildman–Crippen LogP) is 3.67. The maximum atomic E-state index is 4.49. The molecule has 0 atom stereocenters. The highest BCUT2D eigenvalue weighted by Crippen LogP contribution is 2.26. The Morgan fingerprint density at radius 3 is 2.76 bits per heavy atom. The lowest BCUT2D eigenvalue weighted by Crippen LogP contribution is -2.14. The maximum Gasteiger partial charge on any atom is 0.0981 e. The summed E-state index contributed by atoms with van der Waals surface area (Å²) < 4.78 is 0. The zero-order valence-electron chi connectivity index (χ0n) is 11.4. The van der Waals surface area contributed by atoms with Crippen molar-refractivity contribution in [2.24, 2.45) is 0 Å². The van der Waals surface area contributed by atoms with Crippen molar-refractivity contribution < 1.29 is 0 Å². The van der Waals surface area contributed by atoms with Crippen LogP contribution >= 0.6 is 23.1 Å². The van der Waals surface area contributed by atoms with Gasteiger partial charge >= 0.3 is 0 Å². The van der Waals surface area contributed by atoms with Crippen LogP contribution in [0.1, 0.15) is 44.0 Å². The fraction of sp³-hybridized carbons (Fsp3) is 0.769. The van der Waals surface area contributed by atoms with Crippen molar-refractivity contribution in [3.8, 4) is 0 Å². The van der Waals surface area contributed by atoms with E-state index in [1.165, 1.54) is 27.8 Å². The van der Waals surface area contributed by atoms with Crippen LogP contribution in [0.2, 0.25) is 0 Å². The van der Waals surface area contributed by atoms with Gasteiger partial charge < -0.3 is 5.32 Å². The molecule has 0 aliphatic rings. The van der Waals surface area contributed by atoms with Crippen LogP contribution in [-0.2, 0) is 12.0 Å². The Labute approximate surface area is 114 Å². The van der Waals surface area contributed by atoms with E-state index in [-0.39, 0.29) is 5.41 Å². The van der Waals surface area contributed by atoms with Crippen molar-refractivity contribution in [2.75, 3.05) is 18.1 Å².